The summed E-state index contributed by atoms with van der Waals surface area (Å²) < 4.78 is 19.1. The van der Waals surface area contributed by atoms with Gasteiger partial charge in [0.15, 0.2) is 5.96 Å². The lowest BCUT2D eigenvalue weighted by molar-refractivity contribution is 0.169. The Hall–Kier alpha value is -1.20. The van der Waals surface area contributed by atoms with Gasteiger partial charge < -0.3 is 14.7 Å². The van der Waals surface area contributed by atoms with Crippen LogP contribution in [0.4, 0.5) is 4.39 Å². The third kappa shape index (κ3) is 5.92. The molecule has 0 bridgehead atoms. The van der Waals surface area contributed by atoms with Crippen LogP contribution in [0.1, 0.15) is 11.3 Å². The molecule has 0 amide bonds. The van der Waals surface area contributed by atoms with E-state index in [1.807, 2.05) is 12.1 Å². The molecule has 142 valence electrons. The molecular formula is C17H22BrFIN5O. The van der Waals surface area contributed by atoms with Gasteiger partial charge in [-0.25, -0.2) is 4.39 Å². The summed E-state index contributed by atoms with van der Waals surface area (Å²) >= 11 is 3.32. The Bertz CT molecular complexity index is 700. The second kappa shape index (κ2) is 10.2. The van der Waals surface area contributed by atoms with E-state index >= 15 is 0 Å². The van der Waals surface area contributed by atoms with Gasteiger partial charge in [-0.1, -0.05) is 21.1 Å². The van der Waals surface area contributed by atoms with E-state index < -0.39 is 0 Å². The van der Waals surface area contributed by atoms with Gasteiger partial charge in [-0.3, -0.25) is 9.89 Å². The summed E-state index contributed by atoms with van der Waals surface area (Å²) in [4.78, 5) is 8.91. The largest absolute Gasteiger partial charge is 0.364 e. The topological polar surface area (TPSA) is 56.9 Å². The van der Waals surface area contributed by atoms with Crippen molar-refractivity contribution in [2.75, 3.05) is 33.2 Å². The molecule has 0 spiro atoms. The quantitative estimate of drug-likeness (QED) is 0.369. The highest BCUT2D eigenvalue weighted by Crippen LogP contribution is 2.15. The van der Waals surface area contributed by atoms with Crippen molar-refractivity contribution >= 4 is 45.9 Å². The van der Waals surface area contributed by atoms with Crippen LogP contribution in [0.3, 0.4) is 0 Å². The second-order valence-electron chi connectivity index (χ2n) is 5.93. The summed E-state index contributed by atoms with van der Waals surface area (Å²) in [6.07, 6.45) is 1.60. The first kappa shape index (κ1) is 21.1. The Labute approximate surface area is 178 Å². The van der Waals surface area contributed by atoms with Crippen molar-refractivity contribution in [3.05, 3.63) is 52.1 Å². The van der Waals surface area contributed by atoms with Gasteiger partial charge in [0.25, 0.3) is 0 Å². The average molecular weight is 538 g/mol. The first-order chi connectivity index (χ1) is 12.1. The van der Waals surface area contributed by atoms with Crippen molar-refractivity contribution in [2.45, 2.75) is 13.1 Å². The SMILES string of the molecule is CN=C(NCc1cc(F)cc(Br)c1)N1CCN(Cc2ccon2)CC1.I. The van der Waals surface area contributed by atoms with Gasteiger partial charge in [-0.15, -0.1) is 24.0 Å². The number of hydrogen-bond acceptors (Lipinski definition) is 4. The van der Waals surface area contributed by atoms with Crippen molar-refractivity contribution in [3.8, 4) is 0 Å². The number of nitrogens with zero attached hydrogens (tertiary/aromatic N) is 4. The molecule has 0 saturated carbocycles. The molecule has 1 aliphatic heterocycles. The molecule has 2 heterocycles. The van der Waals surface area contributed by atoms with E-state index in [0.29, 0.717) is 6.54 Å². The zero-order chi connectivity index (χ0) is 17.6. The molecule has 0 aliphatic carbocycles. The minimum Gasteiger partial charge on any atom is -0.364 e. The van der Waals surface area contributed by atoms with E-state index in [4.69, 9.17) is 4.52 Å². The van der Waals surface area contributed by atoms with Crippen LogP contribution < -0.4 is 5.32 Å². The van der Waals surface area contributed by atoms with E-state index in [2.05, 4.69) is 41.2 Å². The molecule has 1 aromatic heterocycles. The van der Waals surface area contributed by atoms with Gasteiger partial charge in [0.1, 0.15) is 12.1 Å². The zero-order valence-corrected chi connectivity index (χ0v) is 18.4. The molecule has 3 rings (SSSR count). The summed E-state index contributed by atoms with van der Waals surface area (Å²) in [6.45, 7) is 4.95. The van der Waals surface area contributed by atoms with Gasteiger partial charge >= 0.3 is 0 Å². The molecule has 1 saturated heterocycles. The van der Waals surface area contributed by atoms with Gasteiger partial charge in [0.2, 0.25) is 0 Å². The number of nitrogens with one attached hydrogen (secondary N) is 1. The third-order valence-electron chi connectivity index (χ3n) is 4.13. The lowest BCUT2D eigenvalue weighted by Crippen LogP contribution is -2.52. The summed E-state index contributed by atoms with van der Waals surface area (Å²) in [6, 6.07) is 6.77. The maximum atomic E-state index is 13.5. The molecule has 1 fully saturated rings. The number of benzene rings is 1. The average Bonchev–Trinajstić information content (AvgIpc) is 3.09. The predicted molar refractivity (Wildman–Crippen MR) is 113 cm³/mol. The van der Waals surface area contributed by atoms with Crippen LogP contribution in [-0.4, -0.2) is 54.1 Å². The van der Waals surface area contributed by atoms with E-state index in [-0.39, 0.29) is 29.8 Å². The van der Waals surface area contributed by atoms with Crippen LogP contribution in [0.2, 0.25) is 0 Å². The Kier molecular flexibility index (Phi) is 8.29. The summed E-state index contributed by atoms with van der Waals surface area (Å²) in [5.74, 6) is 0.587. The van der Waals surface area contributed by atoms with Crippen LogP contribution in [0.15, 0.2) is 44.5 Å². The fourth-order valence-corrected chi connectivity index (χ4v) is 3.41. The van der Waals surface area contributed by atoms with Gasteiger partial charge in [0.05, 0.1) is 5.69 Å². The first-order valence-electron chi connectivity index (χ1n) is 8.16. The molecule has 1 aliphatic rings. The Morgan fingerprint density at radius 2 is 2.08 bits per heavy atom. The van der Waals surface area contributed by atoms with Crippen LogP contribution in [-0.2, 0) is 13.1 Å². The Morgan fingerprint density at radius 3 is 2.69 bits per heavy atom. The van der Waals surface area contributed by atoms with E-state index in [9.17, 15) is 4.39 Å². The van der Waals surface area contributed by atoms with Crippen LogP contribution >= 0.6 is 39.9 Å². The summed E-state index contributed by atoms with van der Waals surface area (Å²) in [5, 5.41) is 7.27. The minimum atomic E-state index is -0.248. The van der Waals surface area contributed by atoms with Crippen molar-refractivity contribution in [3.63, 3.8) is 0 Å². The number of rotatable bonds is 4. The lowest BCUT2D eigenvalue weighted by atomic mass is 10.2. The second-order valence-corrected chi connectivity index (χ2v) is 6.85. The standard InChI is InChI=1S/C17H21BrFN5O.HI/c1-20-17(21-11-13-8-14(18)10-15(19)9-13)24-5-3-23(4-6-24)12-16-2-7-25-22-16;/h2,7-10H,3-6,11-12H2,1H3,(H,20,21);1H. The fraction of sp³-hybridized carbons (Fsp3) is 0.412. The highest BCUT2D eigenvalue weighted by atomic mass is 127. The normalized spacial score (nSPS) is 15.7. The maximum Gasteiger partial charge on any atom is 0.194 e. The van der Waals surface area contributed by atoms with Crippen molar-refractivity contribution < 1.29 is 8.91 Å². The van der Waals surface area contributed by atoms with Crippen molar-refractivity contribution in [1.29, 1.82) is 0 Å². The number of halogens is 3. The van der Waals surface area contributed by atoms with E-state index in [1.54, 1.807) is 13.3 Å². The molecule has 6 nitrogen and oxygen atoms in total. The molecular weight excluding hydrogens is 516 g/mol. The van der Waals surface area contributed by atoms with E-state index in [1.165, 1.54) is 12.1 Å². The first-order valence-corrected chi connectivity index (χ1v) is 8.95. The monoisotopic (exact) mass is 537 g/mol. The number of piperazine rings is 1. The predicted octanol–water partition coefficient (Wildman–Crippen LogP) is 3.09. The number of hydrogen-bond donors (Lipinski definition) is 1. The van der Waals surface area contributed by atoms with Crippen molar-refractivity contribution in [2.24, 2.45) is 4.99 Å². The molecule has 2 aromatic rings. The van der Waals surface area contributed by atoms with Gasteiger partial charge in [-0.2, -0.15) is 0 Å². The van der Waals surface area contributed by atoms with Crippen LogP contribution in [0.25, 0.3) is 0 Å². The molecule has 1 N–H and O–H groups in total. The van der Waals surface area contributed by atoms with E-state index in [0.717, 1.165) is 54.4 Å². The fourth-order valence-electron chi connectivity index (χ4n) is 2.89. The van der Waals surface area contributed by atoms with Gasteiger partial charge in [-0.05, 0) is 23.8 Å². The zero-order valence-electron chi connectivity index (χ0n) is 14.5. The maximum absolute atomic E-state index is 13.5. The minimum absolute atomic E-state index is 0. The molecule has 0 unspecified atom stereocenters. The van der Waals surface area contributed by atoms with Crippen LogP contribution in [0.5, 0.6) is 0 Å². The molecule has 0 atom stereocenters. The highest BCUT2D eigenvalue weighted by molar-refractivity contribution is 14.0. The smallest absolute Gasteiger partial charge is 0.194 e. The molecule has 26 heavy (non-hydrogen) atoms. The molecule has 0 radical (unpaired) electrons. The Balaban J connectivity index is 0.00000243. The number of aliphatic imine (C=N–C) groups is 1. The number of guanidine groups is 1. The van der Waals surface area contributed by atoms with Crippen LogP contribution in [0, 0.1) is 5.82 Å². The Morgan fingerprint density at radius 1 is 1.31 bits per heavy atom. The summed E-state index contributed by atoms with van der Waals surface area (Å²) in [5.41, 5.74) is 1.82. The highest BCUT2D eigenvalue weighted by Gasteiger charge is 2.20. The third-order valence-corrected chi connectivity index (χ3v) is 4.59. The lowest BCUT2D eigenvalue weighted by Gasteiger charge is -2.36. The number of aromatic nitrogens is 1. The molecule has 9 heteroatoms. The van der Waals surface area contributed by atoms with Crippen molar-refractivity contribution in [1.82, 2.24) is 20.3 Å². The summed E-state index contributed by atoms with van der Waals surface area (Å²) in [7, 11) is 1.77. The molecule has 1 aromatic carbocycles. The van der Waals surface area contributed by atoms with Gasteiger partial charge in [0, 0.05) is 56.9 Å².